The van der Waals surface area contributed by atoms with E-state index < -0.39 is 0 Å². The molecule has 2 aliphatic heterocycles. The van der Waals surface area contributed by atoms with Gasteiger partial charge < -0.3 is 24.8 Å². The number of rotatable bonds is 11. The number of nitrogens with one attached hydrogen (secondary N) is 2. The Morgan fingerprint density at radius 1 is 1.03 bits per heavy atom. The van der Waals surface area contributed by atoms with E-state index in [4.69, 9.17) is 4.74 Å². The first kappa shape index (κ1) is 29.7. The highest BCUT2D eigenvalue weighted by atomic mass is 79.9. The van der Waals surface area contributed by atoms with E-state index in [9.17, 15) is 0 Å². The van der Waals surface area contributed by atoms with Crippen LogP contribution in [0.4, 0.5) is 17.2 Å². The number of likely N-dealkylation sites (tertiary alicyclic amines) is 1. The van der Waals surface area contributed by atoms with Gasteiger partial charge in [-0.1, -0.05) is 26.7 Å². The van der Waals surface area contributed by atoms with Gasteiger partial charge in [0, 0.05) is 62.8 Å². The number of hydrogen-bond acceptors (Lipinski definition) is 8. The second-order valence-corrected chi connectivity index (χ2v) is 11.3. The normalized spacial score (nSPS) is 16.2. The maximum atomic E-state index is 6.38. The highest BCUT2D eigenvalue weighted by Gasteiger charge is 2.24. The van der Waals surface area contributed by atoms with Crippen LogP contribution in [0.1, 0.15) is 45.1 Å². The Labute approximate surface area is 246 Å². The van der Waals surface area contributed by atoms with Crippen LogP contribution in [0, 0.1) is 12.8 Å². The first-order valence-corrected chi connectivity index (χ1v) is 14.9. The number of hydrogen-bond donors (Lipinski definition) is 2. The van der Waals surface area contributed by atoms with E-state index in [2.05, 4.69) is 89.0 Å². The van der Waals surface area contributed by atoms with Crippen molar-refractivity contribution in [2.24, 2.45) is 5.92 Å². The molecule has 0 radical (unpaired) electrons. The van der Waals surface area contributed by atoms with Crippen molar-refractivity contribution in [1.82, 2.24) is 25.1 Å². The number of aromatic amines is 1. The standard InChI is InChI=1S/C28H41BrN8O.ClH/c1-4-21(5-2)18-38-22-16-23(30-8-11-35-9-6-7-10-35)20(3)24(17-22)36-12-14-37(15-13-36)28-25-26(29)33-34-27(25)31-19-32-28;/h16-17,19,21,30H,4-15,18H2,1-3H3,(H,31,32,33,34);1H. The molecule has 2 fully saturated rings. The van der Waals surface area contributed by atoms with Crippen LogP contribution < -0.4 is 19.9 Å². The number of anilines is 3. The molecule has 214 valence electrons. The minimum atomic E-state index is 0. The third-order valence-corrected chi connectivity index (χ3v) is 8.72. The van der Waals surface area contributed by atoms with Gasteiger partial charge >= 0.3 is 0 Å². The largest absolute Gasteiger partial charge is 0.493 e. The average Bonchev–Trinajstić information content (AvgIpc) is 3.61. The maximum absolute atomic E-state index is 6.38. The topological polar surface area (TPSA) is 85.4 Å². The zero-order chi connectivity index (χ0) is 26.5. The molecule has 11 heteroatoms. The molecule has 39 heavy (non-hydrogen) atoms. The lowest BCUT2D eigenvalue weighted by Crippen LogP contribution is -2.47. The molecule has 0 spiro atoms. The van der Waals surface area contributed by atoms with Gasteiger partial charge in [-0.3, -0.25) is 5.10 Å². The van der Waals surface area contributed by atoms with Crippen LogP contribution in [-0.4, -0.2) is 84.0 Å². The van der Waals surface area contributed by atoms with Gasteiger partial charge in [-0.2, -0.15) is 5.10 Å². The quantitative estimate of drug-likeness (QED) is 0.291. The van der Waals surface area contributed by atoms with Gasteiger partial charge in [0.25, 0.3) is 0 Å². The summed E-state index contributed by atoms with van der Waals surface area (Å²) >= 11 is 3.58. The van der Waals surface area contributed by atoms with Crippen molar-refractivity contribution >= 4 is 56.6 Å². The smallest absolute Gasteiger partial charge is 0.187 e. The molecule has 0 bridgehead atoms. The SMILES string of the molecule is CCC(CC)COc1cc(NCCN2CCCC2)c(C)c(N2CCN(c3ncnc4n[nH]c(Br)c34)CC2)c1.Cl. The molecule has 5 rings (SSSR count). The summed E-state index contributed by atoms with van der Waals surface area (Å²) < 4.78 is 7.21. The van der Waals surface area contributed by atoms with Crippen molar-refractivity contribution < 1.29 is 4.74 Å². The number of fused-ring (bicyclic) bond motifs is 1. The van der Waals surface area contributed by atoms with E-state index in [1.54, 1.807) is 6.33 Å². The van der Waals surface area contributed by atoms with E-state index in [1.165, 1.54) is 42.9 Å². The molecular weight excluding hydrogens is 580 g/mol. The number of ether oxygens (including phenoxy) is 1. The van der Waals surface area contributed by atoms with Gasteiger partial charge in [0.2, 0.25) is 0 Å². The average molecular weight is 622 g/mol. The molecule has 2 aliphatic rings. The summed E-state index contributed by atoms with van der Waals surface area (Å²) in [6.45, 7) is 15.5. The molecule has 9 nitrogen and oxygen atoms in total. The van der Waals surface area contributed by atoms with Gasteiger partial charge in [0.1, 0.15) is 22.5 Å². The molecule has 0 aliphatic carbocycles. The Balaban J connectivity index is 0.00000353. The van der Waals surface area contributed by atoms with Crippen LogP contribution in [0.5, 0.6) is 5.75 Å². The van der Waals surface area contributed by atoms with Crippen LogP contribution in [0.15, 0.2) is 23.1 Å². The van der Waals surface area contributed by atoms with Gasteiger partial charge in [0.15, 0.2) is 5.65 Å². The zero-order valence-corrected chi connectivity index (χ0v) is 25.8. The van der Waals surface area contributed by atoms with E-state index in [0.29, 0.717) is 11.6 Å². The number of halogens is 2. The van der Waals surface area contributed by atoms with E-state index in [1.807, 2.05) is 0 Å². The second kappa shape index (κ2) is 13.9. The molecule has 0 saturated carbocycles. The lowest BCUT2D eigenvalue weighted by atomic mass is 10.1. The Kier molecular flexibility index (Phi) is 10.5. The van der Waals surface area contributed by atoms with Crippen LogP contribution >= 0.6 is 28.3 Å². The number of aromatic nitrogens is 4. The van der Waals surface area contributed by atoms with Crippen molar-refractivity contribution in [2.45, 2.75) is 46.5 Å². The molecule has 2 saturated heterocycles. The fourth-order valence-corrected chi connectivity index (χ4v) is 6.01. The predicted molar refractivity (Wildman–Crippen MR) is 166 cm³/mol. The van der Waals surface area contributed by atoms with Crippen molar-refractivity contribution in [2.75, 3.05) is 74.1 Å². The first-order valence-electron chi connectivity index (χ1n) is 14.2. The zero-order valence-electron chi connectivity index (χ0n) is 23.4. The van der Waals surface area contributed by atoms with Crippen LogP contribution in [0.2, 0.25) is 0 Å². The molecule has 4 heterocycles. The molecule has 0 amide bonds. The lowest BCUT2D eigenvalue weighted by molar-refractivity contribution is 0.240. The second-order valence-electron chi connectivity index (χ2n) is 10.5. The Morgan fingerprint density at radius 2 is 1.74 bits per heavy atom. The number of benzene rings is 1. The minimum Gasteiger partial charge on any atom is -0.493 e. The summed E-state index contributed by atoms with van der Waals surface area (Å²) in [4.78, 5) is 16.3. The number of H-pyrrole nitrogens is 1. The maximum Gasteiger partial charge on any atom is 0.187 e. The predicted octanol–water partition coefficient (Wildman–Crippen LogP) is 5.49. The lowest BCUT2D eigenvalue weighted by Gasteiger charge is -2.38. The number of piperazine rings is 1. The summed E-state index contributed by atoms with van der Waals surface area (Å²) in [5.41, 5.74) is 4.42. The Morgan fingerprint density at radius 3 is 2.46 bits per heavy atom. The summed E-state index contributed by atoms with van der Waals surface area (Å²) in [6.07, 6.45) is 6.53. The van der Waals surface area contributed by atoms with Gasteiger partial charge in [-0.25, -0.2) is 9.97 Å². The molecule has 0 unspecified atom stereocenters. The highest BCUT2D eigenvalue weighted by molar-refractivity contribution is 9.10. The highest BCUT2D eigenvalue weighted by Crippen LogP contribution is 2.35. The van der Waals surface area contributed by atoms with Crippen molar-refractivity contribution in [3.05, 3.63) is 28.6 Å². The van der Waals surface area contributed by atoms with Crippen LogP contribution in [0.3, 0.4) is 0 Å². The third-order valence-electron chi connectivity index (χ3n) is 8.14. The monoisotopic (exact) mass is 620 g/mol. The summed E-state index contributed by atoms with van der Waals surface area (Å²) in [7, 11) is 0. The molecule has 2 N–H and O–H groups in total. The Hall–Kier alpha value is -2.30. The van der Waals surface area contributed by atoms with E-state index in [0.717, 1.165) is 80.3 Å². The summed E-state index contributed by atoms with van der Waals surface area (Å²) in [5.74, 6) is 2.48. The van der Waals surface area contributed by atoms with Gasteiger partial charge in [-0.05, 0) is 60.3 Å². The Bertz CT molecular complexity index is 1210. The van der Waals surface area contributed by atoms with Gasteiger partial charge in [-0.15, -0.1) is 12.4 Å². The third kappa shape index (κ3) is 6.89. The molecule has 0 atom stereocenters. The summed E-state index contributed by atoms with van der Waals surface area (Å²) in [5, 5.41) is 11.9. The molecule has 3 aromatic rings. The van der Waals surface area contributed by atoms with Crippen molar-refractivity contribution in [1.29, 1.82) is 0 Å². The summed E-state index contributed by atoms with van der Waals surface area (Å²) in [6, 6.07) is 4.45. The molecule has 1 aromatic carbocycles. The number of nitrogens with zero attached hydrogens (tertiary/aromatic N) is 6. The molecular formula is C28H42BrClN8O. The van der Waals surface area contributed by atoms with Gasteiger partial charge in [0.05, 0.1) is 12.0 Å². The minimum absolute atomic E-state index is 0. The molecule has 2 aromatic heterocycles. The van der Waals surface area contributed by atoms with E-state index in [-0.39, 0.29) is 12.4 Å². The first-order chi connectivity index (χ1) is 18.6. The fraction of sp³-hybridized carbons (Fsp3) is 0.607. The van der Waals surface area contributed by atoms with Crippen LogP contribution in [-0.2, 0) is 0 Å². The van der Waals surface area contributed by atoms with Crippen molar-refractivity contribution in [3.8, 4) is 5.75 Å². The van der Waals surface area contributed by atoms with Crippen molar-refractivity contribution in [3.63, 3.8) is 0 Å². The van der Waals surface area contributed by atoms with E-state index >= 15 is 0 Å². The van der Waals surface area contributed by atoms with Crippen LogP contribution in [0.25, 0.3) is 11.0 Å². The fourth-order valence-electron chi connectivity index (χ4n) is 5.57.